The minimum atomic E-state index is -0.476. The molecule has 1 aliphatic rings. The van der Waals surface area contributed by atoms with Crippen LogP contribution in [0.25, 0.3) is 0 Å². The molecule has 1 fully saturated rings. The Morgan fingerprint density at radius 1 is 1.03 bits per heavy atom. The van der Waals surface area contributed by atoms with Crippen LogP contribution in [0, 0.1) is 0 Å². The normalized spacial score (nSPS) is 14.8. The van der Waals surface area contributed by atoms with Gasteiger partial charge in [0, 0.05) is 45.7 Å². The van der Waals surface area contributed by atoms with Crippen LogP contribution in [-0.2, 0) is 9.53 Å². The lowest BCUT2D eigenvalue weighted by atomic mass is 10.2. The van der Waals surface area contributed by atoms with Gasteiger partial charge in [-0.25, -0.2) is 4.79 Å². The molecule has 0 aromatic heterocycles. The fourth-order valence-electron chi connectivity index (χ4n) is 3.18. The van der Waals surface area contributed by atoms with E-state index >= 15 is 0 Å². The predicted molar refractivity (Wildman–Crippen MR) is 120 cm³/mol. The number of rotatable bonds is 10. The largest absolute Gasteiger partial charge is 0.490 e. The molecule has 31 heavy (non-hydrogen) atoms. The number of nitrogens with zero attached hydrogens (tertiary/aromatic N) is 2. The molecule has 0 bridgehead atoms. The summed E-state index contributed by atoms with van der Waals surface area (Å²) >= 11 is 0. The Labute approximate surface area is 185 Å². The van der Waals surface area contributed by atoms with Crippen LogP contribution in [-0.4, -0.2) is 79.9 Å². The Hall–Kier alpha value is -2.48. The second-order valence-corrected chi connectivity index (χ2v) is 8.49. The van der Waals surface area contributed by atoms with E-state index in [1.807, 2.05) is 52.0 Å². The molecular formula is C23H37N3O5. The molecule has 1 heterocycles. The van der Waals surface area contributed by atoms with Crippen LogP contribution < -0.4 is 14.8 Å². The maximum atomic E-state index is 12.1. The van der Waals surface area contributed by atoms with E-state index in [2.05, 4.69) is 10.2 Å². The van der Waals surface area contributed by atoms with Gasteiger partial charge in [0.1, 0.15) is 5.60 Å². The van der Waals surface area contributed by atoms with Crippen molar-refractivity contribution in [1.82, 2.24) is 15.1 Å². The van der Waals surface area contributed by atoms with Gasteiger partial charge in [0.25, 0.3) is 0 Å². The van der Waals surface area contributed by atoms with E-state index in [9.17, 15) is 9.59 Å². The Morgan fingerprint density at radius 2 is 1.68 bits per heavy atom. The number of amides is 2. The quantitative estimate of drug-likeness (QED) is 0.569. The summed E-state index contributed by atoms with van der Waals surface area (Å²) in [7, 11) is 0. The first kappa shape index (κ1) is 24.8. The molecule has 1 saturated heterocycles. The van der Waals surface area contributed by atoms with E-state index in [0.717, 1.165) is 25.4 Å². The summed E-state index contributed by atoms with van der Waals surface area (Å²) in [6.07, 6.45) is 0.802. The van der Waals surface area contributed by atoms with E-state index in [-0.39, 0.29) is 12.0 Å². The van der Waals surface area contributed by atoms with Gasteiger partial charge in [0.05, 0.1) is 13.2 Å². The second kappa shape index (κ2) is 12.4. The molecule has 0 atom stereocenters. The maximum absolute atomic E-state index is 12.1. The van der Waals surface area contributed by atoms with Crippen molar-refractivity contribution in [2.75, 3.05) is 52.5 Å². The molecule has 0 aliphatic carbocycles. The number of benzene rings is 1. The zero-order chi connectivity index (χ0) is 22.7. The van der Waals surface area contributed by atoms with Gasteiger partial charge in [-0.05, 0) is 46.2 Å². The van der Waals surface area contributed by atoms with Gasteiger partial charge < -0.3 is 24.4 Å². The highest BCUT2D eigenvalue weighted by molar-refractivity contribution is 5.75. The summed E-state index contributed by atoms with van der Waals surface area (Å²) in [5.74, 6) is 1.45. The third-order valence-corrected chi connectivity index (χ3v) is 4.73. The summed E-state index contributed by atoms with van der Waals surface area (Å²) in [4.78, 5) is 28.1. The molecule has 0 spiro atoms. The highest BCUT2D eigenvalue weighted by atomic mass is 16.6. The van der Waals surface area contributed by atoms with E-state index < -0.39 is 5.60 Å². The van der Waals surface area contributed by atoms with Crippen LogP contribution in [0.2, 0.25) is 0 Å². The zero-order valence-electron chi connectivity index (χ0n) is 19.3. The van der Waals surface area contributed by atoms with Gasteiger partial charge in [-0.1, -0.05) is 12.1 Å². The van der Waals surface area contributed by atoms with Crippen molar-refractivity contribution < 1.29 is 23.8 Å². The first-order chi connectivity index (χ1) is 14.8. The smallest absolute Gasteiger partial charge is 0.410 e. The molecule has 1 aromatic rings. The lowest BCUT2D eigenvalue weighted by molar-refractivity contribution is -0.121. The molecule has 8 heteroatoms. The van der Waals surface area contributed by atoms with Gasteiger partial charge in [-0.3, -0.25) is 9.69 Å². The highest BCUT2D eigenvalue weighted by Gasteiger charge is 2.25. The fraction of sp³-hybridized carbons (Fsp3) is 0.652. The van der Waals surface area contributed by atoms with Gasteiger partial charge in [-0.2, -0.15) is 0 Å². The lowest BCUT2D eigenvalue weighted by Crippen LogP contribution is -2.51. The zero-order valence-corrected chi connectivity index (χ0v) is 19.3. The molecule has 0 saturated carbocycles. The minimum absolute atomic E-state index is 0.0223. The Kier molecular flexibility index (Phi) is 9.91. The molecule has 0 unspecified atom stereocenters. The standard InChI is InChI=1S/C23H37N3O5/c1-5-29-19-9-6-7-10-20(19)30-18-8-11-21(27)24-12-13-25-14-16-26(17-15-25)22(28)31-23(2,3)4/h6-7,9-10H,5,8,11-18H2,1-4H3,(H,24,27). The van der Waals surface area contributed by atoms with Crippen molar-refractivity contribution >= 4 is 12.0 Å². The van der Waals surface area contributed by atoms with Gasteiger partial charge >= 0.3 is 6.09 Å². The summed E-state index contributed by atoms with van der Waals surface area (Å²) in [6, 6.07) is 7.55. The number of ether oxygens (including phenoxy) is 3. The fourth-order valence-corrected chi connectivity index (χ4v) is 3.18. The van der Waals surface area contributed by atoms with Crippen LogP contribution in [0.4, 0.5) is 4.79 Å². The molecule has 174 valence electrons. The average molecular weight is 436 g/mol. The molecule has 1 N–H and O–H groups in total. The van der Waals surface area contributed by atoms with Crippen molar-refractivity contribution in [1.29, 1.82) is 0 Å². The van der Waals surface area contributed by atoms with Gasteiger partial charge in [0.2, 0.25) is 5.91 Å². The topological polar surface area (TPSA) is 80.3 Å². The van der Waals surface area contributed by atoms with Crippen molar-refractivity contribution in [3.8, 4) is 11.5 Å². The van der Waals surface area contributed by atoms with Crippen LogP contribution in [0.5, 0.6) is 11.5 Å². The molecule has 2 amide bonds. The number of para-hydroxylation sites is 2. The van der Waals surface area contributed by atoms with Crippen molar-refractivity contribution in [2.24, 2.45) is 0 Å². The third-order valence-electron chi connectivity index (χ3n) is 4.73. The summed E-state index contributed by atoms with van der Waals surface area (Å²) in [6.45, 7) is 12.8. The lowest BCUT2D eigenvalue weighted by Gasteiger charge is -2.35. The van der Waals surface area contributed by atoms with Crippen LogP contribution in [0.3, 0.4) is 0 Å². The number of carbonyl (C=O) groups excluding carboxylic acids is 2. The summed E-state index contributed by atoms with van der Waals surface area (Å²) in [5.41, 5.74) is -0.476. The number of carbonyl (C=O) groups is 2. The molecule has 8 nitrogen and oxygen atoms in total. The molecule has 2 rings (SSSR count). The van der Waals surface area contributed by atoms with E-state index in [4.69, 9.17) is 14.2 Å². The van der Waals surface area contributed by atoms with Crippen LogP contribution >= 0.6 is 0 Å². The molecule has 1 aromatic carbocycles. The maximum Gasteiger partial charge on any atom is 0.410 e. The SMILES string of the molecule is CCOc1ccccc1OCCCC(=O)NCCN1CCN(C(=O)OC(C)(C)C)CC1. The predicted octanol–water partition coefficient (Wildman–Crippen LogP) is 2.91. The number of nitrogens with one attached hydrogen (secondary N) is 1. The number of piperazine rings is 1. The number of hydrogen-bond donors (Lipinski definition) is 1. The van der Waals surface area contributed by atoms with Crippen molar-refractivity contribution in [3.63, 3.8) is 0 Å². The van der Waals surface area contributed by atoms with Crippen molar-refractivity contribution in [2.45, 2.75) is 46.1 Å². The van der Waals surface area contributed by atoms with Gasteiger partial charge in [-0.15, -0.1) is 0 Å². The Bertz CT molecular complexity index is 697. The van der Waals surface area contributed by atoms with E-state index in [0.29, 0.717) is 51.4 Å². The Morgan fingerprint density at radius 3 is 2.29 bits per heavy atom. The van der Waals surface area contributed by atoms with Crippen LogP contribution in [0.15, 0.2) is 24.3 Å². The van der Waals surface area contributed by atoms with Crippen molar-refractivity contribution in [3.05, 3.63) is 24.3 Å². The summed E-state index contributed by atoms with van der Waals surface area (Å²) in [5, 5.41) is 2.96. The first-order valence-corrected chi connectivity index (χ1v) is 11.1. The first-order valence-electron chi connectivity index (χ1n) is 11.1. The molecular weight excluding hydrogens is 398 g/mol. The highest BCUT2D eigenvalue weighted by Crippen LogP contribution is 2.26. The van der Waals surface area contributed by atoms with Crippen LogP contribution in [0.1, 0.15) is 40.5 Å². The minimum Gasteiger partial charge on any atom is -0.490 e. The average Bonchev–Trinajstić information content (AvgIpc) is 2.72. The third kappa shape index (κ3) is 9.46. The summed E-state index contributed by atoms with van der Waals surface area (Å²) < 4.78 is 16.7. The number of hydrogen-bond acceptors (Lipinski definition) is 6. The second-order valence-electron chi connectivity index (χ2n) is 8.49. The molecule has 0 radical (unpaired) electrons. The molecule has 1 aliphatic heterocycles. The Balaban J connectivity index is 1.55. The van der Waals surface area contributed by atoms with E-state index in [1.165, 1.54) is 0 Å². The van der Waals surface area contributed by atoms with Gasteiger partial charge in [0.15, 0.2) is 11.5 Å². The van der Waals surface area contributed by atoms with E-state index in [1.54, 1.807) is 4.90 Å². The monoisotopic (exact) mass is 435 g/mol.